The first-order valence-corrected chi connectivity index (χ1v) is 8.83. The van der Waals surface area contributed by atoms with E-state index in [0.717, 1.165) is 56.0 Å². The molecule has 5 rings (SSSR count). The lowest BCUT2D eigenvalue weighted by molar-refractivity contribution is 0.270. The van der Waals surface area contributed by atoms with Gasteiger partial charge < -0.3 is 9.32 Å². The molecule has 0 amide bonds. The summed E-state index contributed by atoms with van der Waals surface area (Å²) < 4.78 is 5.80. The van der Waals surface area contributed by atoms with Gasteiger partial charge in [0.15, 0.2) is 0 Å². The molecule has 1 saturated carbocycles. The van der Waals surface area contributed by atoms with E-state index in [9.17, 15) is 0 Å². The number of likely N-dealkylation sites (tertiary alicyclic amines) is 1. The van der Waals surface area contributed by atoms with Crippen molar-refractivity contribution >= 4 is 5.82 Å². The van der Waals surface area contributed by atoms with Crippen molar-refractivity contribution in [2.75, 3.05) is 31.1 Å². The highest BCUT2D eigenvalue weighted by Crippen LogP contribution is 2.39. The van der Waals surface area contributed by atoms with Gasteiger partial charge in [0.1, 0.15) is 12.1 Å². The minimum Gasteiger partial charge on any atom is -0.424 e. The van der Waals surface area contributed by atoms with E-state index in [-0.39, 0.29) is 0 Å². The molecule has 7 nitrogen and oxygen atoms in total. The molecule has 0 spiro atoms. The Morgan fingerprint density at radius 3 is 2.58 bits per heavy atom. The summed E-state index contributed by atoms with van der Waals surface area (Å²) in [6.45, 7) is 7.17. The van der Waals surface area contributed by atoms with E-state index in [1.807, 2.05) is 6.92 Å². The zero-order chi connectivity index (χ0) is 16.1. The Balaban J connectivity index is 1.20. The maximum Gasteiger partial charge on any atom is 0.230 e. The Morgan fingerprint density at radius 1 is 1.08 bits per heavy atom. The minimum absolute atomic E-state index is 0.536. The van der Waals surface area contributed by atoms with E-state index in [0.29, 0.717) is 17.8 Å². The van der Waals surface area contributed by atoms with Crippen LogP contribution in [0.15, 0.2) is 16.8 Å². The van der Waals surface area contributed by atoms with Crippen LogP contribution in [-0.2, 0) is 6.54 Å². The van der Waals surface area contributed by atoms with E-state index in [1.165, 1.54) is 12.8 Å². The number of fused-ring (bicyclic) bond motifs is 1. The molecule has 2 aromatic heterocycles. The van der Waals surface area contributed by atoms with Gasteiger partial charge in [0.25, 0.3) is 0 Å². The third kappa shape index (κ3) is 2.66. The van der Waals surface area contributed by atoms with Crippen LogP contribution in [0.5, 0.6) is 0 Å². The number of aromatic nitrogens is 4. The minimum atomic E-state index is 0.536. The van der Waals surface area contributed by atoms with Gasteiger partial charge >= 0.3 is 0 Å². The molecule has 4 heterocycles. The van der Waals surface area contributed by atoms with Crippen LogP contribution in [0, 0.1) is 18.8 Å². The van der Waals surface area contributed by atoms with Gasteiger partial charge in [-0.15, -0.1) is 10.2 Å². The van der Waals surface area contributed by atoms with Gasteiger partial charge in [-0.25, -0.2) is 9.97 Å². The van der Waals surface area contributed by atoms with Gasteiger partial charge in [-0.1, -0.05) is 0 Å². The summed E-state index contributed by atoms with van der Waals surface area (Å²) in [5.74, 6) is 4.62. The lowest BCUT2D eigenvalue weighted by atomic mass is 10.0. The van der Waals surface area contributed by atoms with Gasteiger partial charge in [-0.2, -0.15) is 0 Å². The predicted octanol–water partition coefficient (Wildman–Crippen LogP) is 1.61. The Hall–Kier alpha value is -2.02. The molecule has 2 aromatic rings. The number of hydrogen-bond donors (Lipinski definition) is 0. The predicted molar refractivity (Wildman–Crippen MR) is 87.5 cm³/mol. The maximum absolute atomic E-state index is 5.80. The summed E-state index contributed by atoms with van der Waals surface area (Å²) in [4.78, 5) is 13.5. The maximum atomic E-state index is 5.80. The van der Waals surface area contributed by atoms with Gasteiger partial charge in [0, 0.05) is 43.9 Å². The normalized spacial score (nSPS) is 27.0. The summed E-state index contributed by atoms with van der Waals surface area (Å²) >= 11 is 0. The molecule has 0 bridgehead atoms. The average molecular weight is 326 g/mol. The molecular weight excluding hydrogens is 304 g/mol. The summed E-state index contributed by atoms with van der Waals surface area (Å²) in [5.41, 5.74) is 1.03. The first kappa shape index (κ1) is 14.3. The smallest absolute Gasteiger partial charge is 0.230 e. The van der Waals surface area contributed by atoms with Crippen LogP contribution in [0.1, 0.15) is 36.2 Å². The fourth-order valence-corrected chi connectivity index (χ4v) is 4.04. The Labute approximate surface area is 141 Å². The largest absolute Gasteiger partial charge is 0.424 e. The number of anilines is 1. The van der Waals surface area contributed by atoms with Crippen molar-refractivity contribution in [3.8, 4) is 0 Å². The highest BCUT2D eigenvalue weighted by atomic mass is 16.4. The van der Waals surface area contributed by atoms with Crippen LogP contribution in [0.25, 0.3) is 0 Å². The van der Waals surface area contributed by atoms with Crippen molar-refractivity contribution in [1.29, 1.82) is 0 Å². The number of nitrogens with zero attached hydrogens (tertiary/aromatic N) is 6. The summed E-state index contributed by atoms with van der Waals surface area (Å²) in [6.07, 6.45) is 4.07. The number of aryl methyl sites for hydroxylation is 1. The highest BCUT2D eigenvalue weighted by Gasteiger charge is 2.41. The highest BCUT2D eigenvalue weighted by molar-refractivity contribution is 5.40. The third-order valence-electron chi connectivity index (χ3n) is 5.44. The van der Waals surface area contributed by atoms with Crippen LogP contribution in [0.2, 0.25) is 0 Å². The molecule has 24 heavy (non-hydrogen) atoms. The molecule has 2 unspecified atom stereocenters. The molecule has 0 N–H and O–H groups in total. The second-order valence-corrected chi connectivity index (χ2v) is 7.45. The van der Waals surface area contributed by atoms with Crippen molar-refractivity contribution in [2.45, 2.75) is 32.2 Å². The molecule has 126 valence electrons. The molecule has 0 radical (unpaired) electrons. The van der Waals surface area contributed by atoms with Crippen LogP contribution in [0.3, 0.4) is 0 Å². The Kier molecular flexibility index (Phi) is 3.29. The SMILES string of the molecule is Cc1cc(N2CC3CN(Cc4nnc(C5CC5)o4)CC3C2)ncn1. The third-order valence-corrected chi connectivity index (χ3v) is 5.44. The second-order valence-electron chi connectivity index (χ2n) is 7.45. The first-order chi connectivity index (χ1) is 11.7. The quantitative estimate of drug-likeness (QED) is 0.845. The van der Waals surface area contributed by atoms with Crippen LogP contribution >= 0.6 is 0 Å². The van der Waals surface area contributed by atoms with Crippen molar-refractivity contribution in [3.05, 3.63) is 29.9 Å². The molecule has 2 aliphatic heterocycles. The fraction of sp³-hybridized carbons (Fsp3) is 0.647. The monoisotopic (exact) mass is 326 g/mol. The lowest BCUT2D eigenvalue weighted by Crippen LogP contribution is -2.29. The van der Waals surface area contributed by atoms with Crippen LogP contribution < -0.4 is 4.90 Å². The van der Waals surface area contributed by atoms with E-state index in [2.05, 4.69) is 36.0 Å². The standard InChI is InChI=1S/C17H22N6O/c1-11-4-15(19-10-18-11)23-7-13-5-22(6-14(13)8-23)9-16-20-21-17(24-16)12-2-3-12/h4,10,12-14H,2-3,5-9H2,1H3. The molecule has 1 aliphatic carbocycles. The molecule has 3 aliphatic rings. The van der Waals surface area contributed by atoms with Gasteiger partial charge in [-0.05, 0) is 31.6 Å². The molecule has 2 saturated heterocycles. The van der Waals surface area contributed by atoms with E-state index in [4.69, 9.17) is 4.42 Å². The van der Waals surface area contributed by atoms with Crippen LogP contribution in [-0.4, -0.2) is 51.2 Å². The average Bonchev–Trinajstić information content (AvgIpc) is 3.00. The van der Waals surface area contributed by atoms with E-state index < -0.39 is 0 Å². The Bertz CT molecular complexity index is 728. The molecule has 3 fully saturated rings. The van der Waals surface area contributed by atoms with Gasteiger partial charge in [-0.3, -0.25) is 4.90 Å². The van der Waals surface area contributed by atoms with E-state index in [1.54, 1.807) is 6.33 Å². The number of rotatable bonds is 4. The lowest BCUT2D eigenvalue weighted by Gasteiger charge is -2.21. The molecule has 2 atom stereocenters. The van der Waals surface area contributed by atoms with E-state index >= 15 is 0 Å². The second kappa shape index (κ2) is 5.51. The van der Waals surface area contributed by atoms with Crippen LogP contribution in [0.4, 0.5) is 5.82 Å². The van der Waals surface area contributed by atoms with Gasteiger partial charge in [0.05, 0.1) is 6.54 Å². The molecular formula is C17H22N6O. The zero-order valence-electron chi connectivity index (χ0n) is 13.9. The molecule has 7 heteroatoms. The van der Waals surface area contributed by atoms with Gasteiger partial charge in [0.2, 0.25) is 11.8 Å². The molecule has 0 aromatic carbocycles. The first-order valence-electron chi connectivity index (χ1n) is 8.83. The Morgan fingerprint density at radius 2 is 1.88 bits per heavy atom. The summed E-state index contributed by atoms with van der Waals surface area (Å²) in [6, 6.07) is 2.08. The van der Waals surface area contributed by atoms with Crippen molar-refractivity contribution in [3.63, 3.8) is 0 Å². The summed E-state index contributed by atoms with van der Waals surface area (Å²) in [7, 11) is 0. The van der Waals surface area contributed by atoms with Crippen molar-refractivity contribution < 1.29 is 4.42 Å². The topological polar surface area (TPSA) is 71.2 Å². The van der Waals surface area contributed by atoms with Crippen molar-refractivity contribution in [1.82, 2.24) is 25.1 Å². The zero-order valence-corrected chi connectivity index (χ0v) is 13.9. The summed E-state index contributed by atoms with van der Waals surface area (Å²) in [5, 5.41) is 8.41. The van der Waals surface area contributed by atoms with Crippen molar-refractivity contribution in [2.24, 2.45) is 11.8 Å². The number of hydrogen-bond acceptors (Lipinski definition) is 7. The fourth-order valence-electron chi connectivity index (χ4n) is 4.04.